The average molecular weight is 323 g/mol. The summed E-state index contributed by atoms with van der Waals surface area (Å²) in [6, 6.07) is 10.4. The zero-order valence-corrected chi connectivity index (χ0v) is 13.5. The molecule has 3 heterocycles. The van der Waals surface area contributed by atoms with Crippen molar-refractivity contribution in [2.45, 2.75) is 26.3 Å². The fourth-order valence-electron chi connectivity index (χ4n) is 3.50. The molecule has 0 N–H and O–H groups in total. The third kappa shape index (κ3) is 2.46. The van der Waals surface area contributed by atoms with Gasteiger partial charge in [0.15, 0.2) is 0 Å². The smallest absolute Gasteiger partial charge is 0.258 e. The largest absolute Gasteiger partial charge is 0.365 e. The normalized spacial score (nSPS) is 14.0. The number of nitrogens with zero attached hydrogens (tertiary/aromatic N) is 3. The summed E-state index contributed by atoms with van der Waals surface area (Å²) in [5, 5.41) is 0. The Balaban J connectivity index is 1.76. The Bertz CT molecular complexity index is 980. The Morgan fingerprint density at radius 3 is 3.00 bits per heavy atom. The van der Waals surface area contributed by atoms with Crippen LogP contribution in [-0.4, -0.2) is 15.9 Å². The van der Waals surface area contributed by atoms with Crippen molar-refractivity contribution in [2.24, 2.45) is 0 Å². The highest BCUT2D eigenvalue weighted by Crippen LogP contribution is 2.33. The monoisotopic (exact) mass is 323 g/mol. The van der Waals surface area contributed by atoms with Gasteiger partial charge in [0, 0.05) is 30.1 Å². The molecule has 24 heavy (non-hydrogen) atoms. The molecule has 122 valence electrons. The number of aromatic nitrogens is 2. The van der Waals surface area contributed by atoms with Crippen LogP contribution >= 0.6 is 0 Å². The highest BCUT2D eigenvalue weighted by molar-refractivity contribution is 5.61. The molecule has 0 fully saturated rings. The van der Waals surface area contributed by atoms with E-state index in [1.54, 1.807) is 18.3 Å². The molecule has 0 saturated carbocycles. The molecule has 3 aromatic rings. The molecule has 0 atom stereocenters. The molecule has 0 saturated heterocycles. The first-order valence-corrected chi connectivity index (χ1v) is 8.14. The molecule has 0 amide bonds. The van der Waals surface area contributed by atoms with Gasteiger partial charge in [-0.1, -0.05) is 12.1 Å². The zero-order chi connectivity index (χ0) is 16.7. The Morgan fingerprint density at radius 2 is 2.12 bits per heavy atom. The minimum Gasteiger partial charge on any atom is -0.365 e. The molecule has 5 heteroatoms. The lowest BCUT2D eigenvalue weighted by Gasteiger charge is -2.32. The first-order valence-electron chi connectivity index (χ1n) is 8.14. The van der Waals surface area contributed by atoms with E-state index in [9.17, 15) is 9.18 Å². The summed E-state index contributed by atoms with van der Waals surface area (Å²) in [6.07, 6.45) is 3.37. The second-order valence-corrected chi connectivity index (χ2v) is 6.23. The van der Waals surface area contributed by atoms with Gasteiger partial charge in [-0.2, -0.15) is 0 Å². The third-order valence-electron chi connectivity index (χ3n) is 4.58. The predicted molar refractivity (Wildman–Crippen MR) is 92.0 cm³/mol. The minimum absolute atomic E-state index is 0.0937. The van der Waals surface area contributed by atoms with Crippen molar-refractivity contribution in [1.82, 2.24) is 9.38 Å². The SMILES string of the molecule is Cc1ccc(F)c2c1N(Cc1cc(=O)n3ccccc3n1)CCC2. The van der Waals surface area contributed by atoms with Crippen molar-refractivity contribution < 1.29 is 4.39 Å². The molecular formula is C19H18FN3O. The van der Waals surface area contributed by atoms with Gasteiger partial charge in [-0.25, -0.2) is 9.37 Å². The van der Waals surface area contributed by atoms with Crippen molar-refractivity contribution in [3.8, 4) is 0 Å². The highest BCUT2D eigenvalue weighted by Gasteiger charge is 2.22. The van der Waals surface area contributed by atoms with E-state index in [1.165, 1.54) is 4.40 Å². The number of hydrogen-bond donors (Lipinski definition) is 0. The molecule has 0 unspecified atom stereocenters. The van der Waals surface area contributed by atoms with Crippen LogP contribution in [0.15, 0.2) is 47.4 Å². The van der Waals surface area contributed by atoms with E-state index in [2.05, 4.69) is 9.88 Å². The number of aryl methyl sites for hydroxylation is 1. The van der Waals surface area contributed by atoms with E-state index in [0.29, 0.717) is 17.9 Å². The van der Waals surface area contributed by atoms with Crippen LogP contribution in [-0.2, 0) is 13.0 Å². The molecule has 0 bridgehead atoms. The van der Waals surface area contributed by atoms with Gasteiger partial charge in [0.25, 0.3) is 5.56 Å². The van der Waals surface area contributed by atoms with Crippen molar-refractivity contribution in [3.63, 3.8) is 0 Å². The van der Waals surface area contributed by atoms with Gasteiger partial charge in [0.2, 0.25) is 0 Å². The molecule has 1 aliphatic rings. The van der Waals surface area contributed by atoms with Gasteiger partial charge in [0.1, 0.15) is 11.5 Å². The Hall–Kier alpha value is -2.69. The van der Waals surface area contributed by atoms with Gasteiger partial charge in [-0.15, -0.1) is 0 Å². The lowest BCUT2D eigenvalue weighted by molar-refractivity contribution is 0.584. The van der Waals surface area contributed by atoms with Crippen molar-refractivity contribution in [3.05, 3.63) is 75.6 Å². The molecule has 0 aliphatic carbocycles. The van der Waals surface area contributed by atoms with Crippen molar-refractivity contribution >= 4 is 11.3 Å². The van der Waals surface area contributed by atoms with Gasteiger partial charge in [-0.3, -0.25) is 9.20 Å². The number of rotatable bonds is 2. The van der Waals surface area contributed by atoms with E-state index in [1.807, 2.05) is 31.2 Å². The number of halogens is 1. The van der Waals surface area contributed by atoms with Gasteiger partial charge < -0.3 is 4.90 Å². The Labute approximate surface area is 139 Å². The maximum atomic E-state index is 14.1. The quantitative estimate of drug-likeness (QED) is 0.727. The number of anilines is 1. The maximum absolute atomic E-state index is 14.1. The number of benzene rings is 1. The minimum atomic E-state index is -0.146. The first kappa shape index (κ1) is 14.9. The van der Waals surface area contributed by atoms with Crippen LogP contribution in [0, 0.1) is 12.7 Å². The second-order valence-electron chi connectivity index (χ2n) is 6.23. The molecule has 1 aromatic carbocycles. The summed E-state index contributed by atoms with van der Waals surface area (Å²) in [4.78, 5) is 19.0. The standard InChI is InChI=1S/C19H18FN3O/c1-13-7-8-16(20)15-5-4-9-22(19(13)15)12-14-11-18(24)23-10-3-2-6-17(23)21-14/h2-3,6-8,10-11H,4-5,9,12H2,1H3. The number of fused-ring (bicyclic) bond motifs is 2. The summed E-state index contributed by atoms with van der Waals surface area (Å²) in [5.41, 5.74) is 4.04. The maximum Gasteiger partial charge on any atom is 0.258 e. The average Bonchev–Trinajstić information content (AvgIpc) is 2.58. The molecule has 0 spiro atoms. The topological polar surface area (TPSA) is 37.6 Å². The third-order valence-corrected chi connectivity index (χ3v) is 4.58. The van der Waals surface area contributed by atoms with Crippen LogP contribution in [0.3, 0.4) is 0 Å². The molecule has 2 aromatic heterocycles. The molecule has 0 radical (unpaired) electrons. The van der Waals surface area contributed by atoms with Crippen LogP contribution in [0.25, 0.3) is 5.65 Å². The molecule has 4 rings (SSSR count). The Kier molecular flexibility index (Phi) is 3.56. The van der Waals surface area contributed by atoms with E-state index >= 15 is 0 Å². The second kappa shape index (κ2) is 5.74. The summed E-state index contributed by atoms with van der Waals surface area (Å²) >= 11 is 0. The van der Waals surface area contributed by atoms with Crippen molar-refractivity contribution in [2.75, 3.05) is 11.4 Å². The van der Waals surface area contributed by atoms with Gasteiger partial charge in [-0.05, 0) is 43.5 Å². The fourth-order valence-corrected chi connectivity index (χ4v) is 3.50. The summed E-state index contributed by atoms with van der Waals surface area (Å²) in [6.45, 7) is 3.35. The lowest BCUT2D eigenvalue weighted by atomic mass is 9.97. The van der Waals surface area contributed by atoms with Gasteiger partial charge >= 0.3 is 0 Å². The summed E-state index contributed by atoms with van der Waals surface area (Å²) in [5.74, 6) is -0.146. The van der Waals surface area contributed by atoms with E-state index in [-0.39, 0.29) is 11.4 Å². The van der Waals surface area contributed by atoms with Gasteiger partial charge in [0.05, 0.1) is 12.2 Å². The summed E-state index contributed by atoms with van der Waals surface area (Å²) < 4.78 is 15.7. The summed E-state index contributed by atoms with van der Waals surface area (Å²) in [7, 11) is 0. The van der Waals surface area contributed by atoms with E-state index in [4.69, 9.17) is 0 Å². The number of pyridine rings is 1. The number of hydrogen-bond acceptors (Lipinski definition) is 3. The van der Waals surface area contributed by atoms with Crippen LogP contribution in [0.4, 0.5) is 10.1 Å². The highest BCUT2D eigenvalue weighted by atomic mass is 19.1. The van der Waals surface area contributed by atoms with E-state index < -0.39 is 0 Å². The lowest BCUT2D eigenvalue weighted by Crippen LogP contribution is -2.31. The van der Waals surface area contributed by atoms with Crippen molar-refractivity contribution in [1.29, 1.82) is 0 Å². The molecule has 4 nitrogen and oxygen atoms in total. The van der Waals surface area contributed by atoms with Crippen LogP contribution in [0.1, 0.15) is 23.2 Å². The molecular weight excluding hydrogens is 305 g/mol. The van der Waals surface area contributed by atoms with E-state index in [0.717, 1.165) is 36.2 Å². The Morgan fingerprint density at radius 1 is 1.25 bits per heavy atom. The molecule has 1 aliphatic heterocycles. The van der Waals surface area contributed by atoms with Crippen LogP contribution < -0.4 is 10.5 Å². The first-order chi connectivity index (χ1) is 11.6. The van der Waals surface area contributed by atoms with Crippen LogP contribution in [0.5, 0.6) is 0 Å². The predicted octanol–water partition coefficient (Wildman–Crippen LogP) is 3.09. The van der Waals surface area contributed by atoms with Crippen LogP contribution in [0.2, 0.25) is 0 Å². The fraction of sp³-hybridized carbons (Fsp3) is 0.263. The zero-order valence-electron chi connectivity index (χ0n) is 13.5.